The van der Waals surface area contributed by atoms with Gasteiger partial charge in [0, 0.05) is 6.61 Å². The van der Waals surface area contributed by atoms with Crippen LogP contribution in [0.5, 0.6) is 0 Å². The lowest BCUT2D eigenvalue weighted by Gasteiger charge is -1.84. The number of carbonyl (C=O) groups is 1. The van der Waals surface area contributed by atoms with E-state index in [0.29, 0.717) is 17.1 Å². The molecule has 2 N–H and O–H groups in total. The molecule has 0 aliphatic carbocycles. The maximum absolute atomic E-state index is 10.7. The lowest BCUT2D eigenvalue weighted by Crippen LogP contribution is -1.94. The third kappa shape index (κ3) is 2.65. The number of rotatable bonds is 4. The Morgan fingerprint density at radius 1 is 1.64 bits per heavy atom. The number of thiazole rings is 1. The Hall–Kier alpha value is -1.20. The fraction of sp³-hybridized carbons (Fsp3) is 0.333. The Bertz CT molecular complexity index is 357. The molecular weight excluding hydrogens is 202 g/mol. The molecular formula is C9H11NO3S. The Morgan fingerprint density at radius 3 is 2.86 bits per heavy atom. The second-order valence-electron chi connectivity index (χ2n) is 2.69. The maximum atomic E-state index is 10.7. The molecule has 0 atom stereocenters. The molecule has 1 aromatic rings. The maximum Gasteiger partial charge on any atom is 0.347 e. The molecule has 0 aliphatic heterocycles. The van der Waals surface area contributed by atoms with Gasteiger partial charge in [-0.1, -0.05) is 6.08 Å². The average molecular weight is 213 g/mol. The summed E-state index contributed by atoms with van der Waals surface area (Å²) in [5.41, 5.74) is 0.533. The minimum Gasteiger partial charge on any atom is -0.477 e. The lowest BCUT2D eigenvalue weighted by atomic mass is 10.4. The average Bonchev–Trinajstić information content (AvgIpc) is 2.47. The van der Waals surface area contributed by atoms with Crippen LogP contribution in [0.25, 0.3) is 6.08 Å². The molecule has 0 spiro atoms. The molecule has 0 unspecified atom stereocenters. The monoisotopic (exact) mass is 213 g/mol. The van der Waals surface area contributed by atoms with Gasteiger partial charge in [-0.2, -0.15) is 0 Å². The fourth-order valence-corrected chi connectivity index (χ4v) is 1.78. The van der Waals surface area contributed by atoms with Crippen LogP contribution in [-0.2, 0) is 0 Å². The topological polar surface area (TPSA) is 70.4 Å². The Labute approximate surface area is 85.5 Å². The minimum atomic E-state index is -0.943. The van der Waals surface area contributed by atoms with Crippen LogP contribution in [-0.4, -0.2) is 27.8 Å². The molecule has 0 amide bonds. The molecule has 1 rings (SSSR count). The molecule has 5 heteroatoms. The first-order valence-corrected chi connectivity index (χ1v) is 4.95. The van der Waals surface area contributed by atoms with Gasteiger partial charge in [0.15, 0.2) is 0 Å². The van der Waals surface area contributed by atoms with Crippen LogP contribution in [0, 0.1) is 6.92 Å². The summed E-state index contributed by atoms with van der Waals surface area (Å²) in [6, 6.07) is 0. The van der Waals surface area contributed by atoms with Crippen molar-refractivity contribution < 1.29 is 15.0 Å². The molecule has 0 saturated heterocycles. The van der Waals surface area contributed by atoms with Gasteiger partial charge in [0.2, 0.25) is 0 Å². The van der Waals surface area contributed by atoms with Crippen molar-refractivity contribution in [2.24, 2.45) is 0 Å². The van der Waals surface area contributed by atoms with E-state index in [-0.39, 0.29) is 11.5 Å². The Kier molecular flexibility index (Phi) is 3.79. The molecule has 0 saturated carbocycles. The van der Waals surface area contributed by atoms with Gasteiger partial charge in [-0.25, -0.2) is 9.78 Å². The van der Waals surface area contributed by atoms with Crippen LogP contribution in [0.2, 0.25) is 0 Å². The molecule has 0 bridgehead atoms. The first-order valence-electron chi connectivity index (χ1n) is 4.13. The molecule has 4 nitrogen and oxygen atoms in total. The van der Waals surface area contributed by atoms with Crippen LogP contribution in [0.4, 0.5) is 0 Å². The van der Waals surface area contributed by atoms with Crippen molar-refractivity contribution in [3.63, 3.8) is 0 Å². The number of aryl methyl sites for hydroxylation is 1. The van der Waals surface area contributed by atoms with Gasteiger partial charge in [-0.15, -0.1) is 11.3 Å². The van der Waals surface area contributed by atoms with Gasteiger partial charge in [-0.05, 0) is 19.4 Å². The summed E-state index contributed by atoms with van der Waals surface area (Å²) in [6.07, 6.45) is 4.05. The highest BCUT2D eigenvalue weighted by molar-refractivity contribution is 7.14. The normalized spacial score (nSPS) is 11.0. The first-order chi connectivity index (χ1) is 6.65. The first kappa shape index (κ1) is 10.9. The van der Waals surface area contributed by atoms with Gasteiger partial charge in [0.25, 0.3) is 0 Å². The predicted octanol–water partition coefficient (Wildman–Crippen LogP) is 1.55. The van der Waals surface area contributed by atoms with Crippen LogP contribution >= 0.6 is 11.3 Å². The van der Waals surface area contributed by atoms with E-state index >= 15 is 0 Å². The summed E-state index contributed by atoms with van der Waals surface area (Å²) < 4.78 is 0. The molecule has 0 fully saturated rings. The highest BCUT2D eigenvalue weighted by Crippen LogP contribution is 2.19. The lowest BCUT2D eigenvalue weighted by molar-refractivity contribution is 0.0701. The number of nitrogens with zero attached hydrogens (tertiary/aromatic N) is 1. The smallest absolute Gasteiger partial charge is 0.347 e. The van der Waals surface area contributed by atoms with Crippen molar-refractivity contribution in [1.29, 1.82) is 0 Å². The molecule has 1 aromatic heterocycles. The van der Waals surface area contributed by atoms with E-state index in [2.05, 4.69) is 4.98 Å². The van der Waals surface area contributed by atoms with Crippen LogP contribution in [0.1, 0.15) is 26.8 Å². The summed E-state index contributed by atoms with van der Waals surface area (Å²) in [5, 5.41) is 17.9. The molecule has 1 heterocycles. The molecule has 0 aromatic carbocycles. The number of aliphatic hydroxyl groups excluding tert-OH is 1. The molecule has 0 aliphatic rings. The molecule has 14 heavy (non-hydrogen) atoms. The number of carboxylic acids is 1. The van der Waals surface area contributed by atoms with E-state index in [1.165, 1.54) is 0 Å². The van der Waals surface area contributed by atoms with Crippen molar-refractivity contribution >= 4 is 23.4 Å². The van der Waals surface area contributed by atoms with E-state index in [1.807, 2.05) is 0 Å². The fourth-order valence-electron chi connectivity index (χ4n) is 0.946. The third-order valence-corrected chi connectivity index (χ3v) is 2.67. The number of hydrogen-bond acceptors (Lipinski definition) is 4. The molecule has 76 valence electrons. The number of aliphatic hydroxyl groups is 1. The Balaban J connectivity index is 2.81. The number of carboxylic acid groups (broad SMARTS) is 1. The van der Waals surface area contributed by atoms with Gasteiger partial charge in [-0.3, -0.25) is 0 Å². The summed E-state index contributed by atoms with van der Waals surface area (Å²) >= 11 is 1.14. The van der Waals surface area contributed by atoms with Crippen LogP contribution in [0.3, 0.4) is 0 Å². The number of hydrogen-bond donors (Lipinski definition) is 2. The van der Waals surface area contributed by atoms with E-state index in [1.54, 1.807) is 19.1 Å². The predicted molar refractivity (Wildman–Crippen MR) is 54.5 cm³/mol. The van der Waals surface area contributed by atoms with Gasteiger partial charge in [0.1, 0.15) is 9.88 Å². The van der Waals surface area contributed by atoms with Gasteiger partial charge in [0.05, 0.1) is 5.69 Å². The van der Waals surface area contributed by atoms with E-state index in [9.17, 15) is 4.79 Å². The largest absolute Gasteiger partial charge is 0.477 e. The van der Waals surface area contributed by atoms with Crippen molar-refractivity contribution in [3.05, 3.63) is 21.7 Å². The number of aromatic nitrogens is 1. The van der Waals surface area contributed by atoms with Crippen LogP contribution in [0.15, 0.2) is 6.08 Å². The summed E-state index contributed by atoms with van der Waals surface area (Å²) in [7, 11) is 0. The SMILES string of the molecule is Cc1nc(C=CCCO)sc1C(=O)O. The van der Waals surface area contributed by atoms with Crippen molar-refractivity contribution in [2.75, 3.05) is 6.61 Å². The van der Waals surface area contributed by atoms with E-state index in [4.69, 9.17) is 10.2 Å². The van der Waals surface area contributed by atoms with Crippen molar-refractivity contribution in [1.82, 2.24) is 4.98 Å². The van der Waals surface area contributed by atoms with Crippen LogP contribution < -0.4 is 0 Å². The van der Waals surface area contributed by atoms with Crippen molar-refractivity contribution in [3.8, 4) is 0 Å². The quantitative estimate of drug-likeness (QED) is 0.796. The zero-order valence-corrected chi connectivity index (χ0v) is 8.54. The van der Waals surface area contributed by atoms with Gasteiger partial charge < -0.3 is 10.2 Å². The second kappa shape index (κ2) is 4.88. The van der Waals surface area contributed by atoms with Gasteiger partial charge >= 0.3 is 5.97 Å². The Morgan fingerprint density at radius 2 is 2.36 bits per heavy atom. The zero-order valence-electron chi connectivity index (χ0n) is 7.73. The number of aromatic carboxylic acids is 1. The highest BCUT2D eigenvalue weighted by atomic mass is 32.1. The highest BCUT2D eigenvalue weighted by Gasteiger charge is 2.11. The third-order valence-electron chi connectivity index (χ3n) is 1.56. The molecule has 0 radical (unpaired) electrons. The minimum absolute atomic E-state index is 0.0899. The zero-order chi connectivity index (χ0) is 10.6. The summed E-state index contributed by atoms with van der Waals surface area (Å²) in [6.45, 7) is 1.76. The summed E-state index contributed by atoms with van der Waals surface area (Å²) in [4.78, 5) is 15.0. The van der Waals surface area contributed by atoms with E-state index < -0.39 is 5.97 Å². The summed E-state index contributed by atoms with van der Waals surface area (Å²) in [5.74, 6) is -0.943. The second-order valence-corrected chi connectivity index (χ2v) is 3.72. The van der Waals surface area contributed by atoms with E-state index in [0.717, 1.165) is 11.3 Å². The van der Waals surface area contributed by atoms with Crippen molar-refractivity contribution in [2.45, 2.75) is 13.3 Å². The standard InChI is InChI=1S/C9H11NO3S/c1-6-8(9(12)13)14-7(10-6)4-2-3-5-11/h2,4,11H,3,5H2,1H3,(H,12,13).